The predicted octanol–water partition coefficient (Wildman–Crippen LogP) is 15.4. The molecular weight excluding hydrogens is 720 g/mol. The molecule has 1 heterocycles. The summed E-state index contributed by atoms with van der Waals surface area (Å²) in [5, 5.41) is 3.68. The van der Waals surface area contributed by atoms with Gasteiger partial charge in [-0.05, 0) is 0 Å². The monoisotopic (exact) mass is 780 g/mol. The molecule has 3 aliphatic rings. The maximum atomic E-state index is 2.78. The zero-order valence-corrected chi connectivity index (χ0v) is 36.9. The van der Waals surface area contributed by atoms with Crippen LogP contribution in [0.5, 0.6) is 0 Å². The third kappa shape index (κ3) is 6.94. The molecule has 2 atom stereocenters. The Hall–Kier alpha value is -2.54. The van der Waals surface area contributed by atoms with Gasteiger partial charge in [-0.1, -0.05) is 0 Å². The standard InChI is InChI=1S/C50H62Si.Zr/c1-9-11-13-15-19-43-33-41-21-17-23-45(39-29-25-37(26-30-39)35(3)4)47(41)49(43)51(7,8)50-44(20-16-14-12-10-2)34-42-22-18-24-46(48(42)50)40-31-27-38(28-32-40)36(5)6;/h17-18,21-36H,9-16,19-20H2,1-8H3;. The van der Waals surface area contributed by atoms with Gasteiger partial charge in [0.2, 0.25) is 0 Å². The number of allylic oxidation sites excluding steroid dienone is 2. The van der Waals surface area contributed by atoms with Crippen molar-refractivity contribution < 1.29 is 23.2 Å². The van der Waals surface area contributed by atoms with Gasteiger partial charge in [0.25, 0.3) is 0 Å². The van der Waals surface area contributed by atoms with Crippen molar-refractivity contribution in [3.05, 3.63) is 129 Å². The normalized spacial score (nSPS) is 18.5. The molecule has 0 N–H and O–H groups in total. The van der Waals surface area contributed by atoms with Gasteiger partial charge in [0.15, 0.2) is 0 Å². The van der Waals surface area contributed by atoms with E-state index in [1.54, 1.807) is 22.3 Å². The Labute approximate surface area is 329 Å². The Balaban J connectivity index is 1.45. The van der Waals surface area contributed by atoms with Crippen molar-refractivity contribution in [3.63, 3.8) is 0 Å². The van der Waals surface area contributed by atoms with E-state index in [0.29, 0.717) is 19.1 Å². The molecule has 0 aromatic heterocycles. The molecule has 0 amide bonds. The second-order valence-corrected chi connectivity index (χ2v) is 25.1. The first-order valence-electron chi connectivity index (χ1n) is 20.9. The third-order valence-corrected chi connectivity index (χ3v) is 21.1. The molecule has 4 aromatic carbocycles. The number of fused-ring (bicyclic) bond motifs is 8. The van der Waals surface area contributed by atoms with Gasteiger partial charge in [-0.25, -0.2) is 0 Å². The number of hydrogen-bond acceptors (Lipinski definition) is 0. The Morgan fingerprint density at radius 3 is 1.29 bits per heavy atom. The molecule has 0 saturated carbocycles. The minimum absolute atomic E-state index is 0.548. The van der Waals surface area contributed by atoms with Crippen LogP contribution < -0.4 is 0 Å². The molecule has 0 spiro atoms. The van der Waals surface area contributed by atoms with E-state index in [9.17, 15) is 0 Å². The minimum atomic E-state index is -2.21. The molecule has 4 aromatic rings. The van der Waals surface area contributed by atoms with Crippen LogP contribution in [-0.4, -0.2) is 8.07 Å². The summed E-state index contributed by atoms with van der Waals surface area (Å²) in [5.74, 6) is 1.10. The van der Waals surface area contributed by atoms with Crippen molar-refractivity contribution in [1.29, 1.82) is 0 Å². The van der Waals surface area contributed by atoms with Gasteiger partial charge in [0.05, 0.1) is 0 Å². The summed E-state index contributed by atoms with van der Waals surface area (Å²) in [4.78, 5) is 0. The summed E-state index contributed by atoms with van der Waals surface area (Å²) in [6, 6.07) is 34.2. The van der Waals surface area contributed by atoms with Crippen molar-refractivity contribution in [1.82, 2.24) is 0 Å². The molecule has 0 fully saturated rings. The third-order valence-electron chi connectivity index (χ3n) is 12.6. The second-order valence-electron chi connectivity index (χ2n) is 17.2. The SMILES string of the molecule is CCCCCCC1=C2c3c(-c4ccc(C(C)C)cc4)cccc3[CH]1[Zr][CH]1C(CCCCCC)=C(c3c(-c4ccc(C(C)C)cc4)cccc31)[Si]2(C)C. The molecule has 7 rings (SSSR count). The van der Waals surface area contributed by atoms with Crippen molar-refractivity contribution in [2.75, 3.05) is 0 Å². The van der Waals surface area contributed by atoms with E-state index < -0.39 is 31.3 Å². The first-order chi connectivity index (χ1) is 25.2. The van der Waals surface area contributed by atoms with E-state index in [2.05, 4.69) is 140 Å². The van der Waals surface area contributed by atoms with E-state index in [1.165, 1.54) is 97.6 Å². The van der Waals surface area contributed by atoms with Crippen LogP contribution >= 0.6 is 0 Å². The van der Waals surface area contributed by atoms with E-state index in [4.69, 9.17) is 0 Å². The van der Waals surface area contributed by atoms with E-state index in [-0.39, 0.29) is 0 Å². The number of rotatable bonds is 14. The summed E-state index contributed by atoms with van der Waals surface area (Å²) in [7, 11) is -2.21. The van der Waals surface area contributed by atoms with Crippen molar-refractivity contribution >= 4 is 18.5 Å². The van der Waals surface area contributed by atoms with Gasteiger partial charge in [-0.2, -0.15) is 0 Å². The first kappa shape index (κ1) is 37.8. The molecule has 0 radical (unpaired) electrons. The summed E-state index contributed by atoms with van der Waals surface area (Å²) in [5.41, 5.74) is 19.2. The van der Waals surface area contributed by atoms with Crippen LogP contribution in [0, 0.1) is 0 Å². The first-order valence-corrected chi connectivity index (χ1v) is 26.7. The quantitative estimate of drug-likeness (QED) is 0.0883. The van der Waals surface area contributed by atoms with Crippen LogP contribution in [0.2, 0.25) is 13.1 Å². The molecule has 1 aliphatic heterocycles. The fourth-order valence-electron chi connectivity index (χ4n) is 9.86. The maximum absolute atomic E-state index is 2.78. The zero-order valence-electron chi connectivity index (χ0n) is 33.5. The number of benzene rings is 4. The van der Waals surface area contributed by atoms with Crippen molar-refractivity contribution in [2.24, 2.45) is 0 Å². The molecule has 2 aliphatic carbocycles. The Bertz CT molecular complexity index is 1810. The molecule has 4 bridgehead atoms. The average Bonchev–Trinajstić information content (AvgIpc) is 3.66. The number of hydrogen-bond donors (Lipinski definition) is 0. The van der Waals surface area contributed by atoms with Crippen molar-refractivity contribution in [2.45, 2.75) is 138 Å². The molecule has 52 heavy (non-hydrogen) atoms. The molecule has 2 unspecified atom stereocenters. The van der Waals surface area contributed by atoms with E-state index >= 15 is 0 Å². The van der Waals surface area contributed by atoms with Crippen molar-refractivity contribution in [3.8, 4) is 22.3 Å². The second kappa shape index (κ2) is 16.1. The molecule has 0 saturated heterocycles. The van der Waals surface area contributed by atoms with Gasteiger partial charge >= 0.3 is 331 Å². The van der Waals surface area contributed by atoms with Crippen LogP contribution in [0.3, 0.4) is 0 Å². The summed E-state index contributed by atoms with van der Waals surface area (Å²) in [6.07, 6.45) is 13.3. The van der Waals surface area contributed by atoms with E-state index in [1.807, 2.05) is 21.5 Å². The summed E-state index contributed by atoms with van der Waals surface area (Å²) >= 11 is -1.00. The molecular formula is C50H62SiZr. The fourth-order valence-corrected chi connectivity index (χ4v) is 20.1. The van der Waals surface area contributed by atoms with Gasteiger partial charge in [0.1, 0.15) is 0 Å². The topological polar surface area (TPSA) is 0 Å². The Morgan fingerprint density at radius 1 is 0.519 bits per heavy atom. The van der Waals surface area contributed by atoms with Crippen LogP contribution in [0.25, 0.3) is 32.6 Å². The van der Waals surface area contributed by atoms with E-state index in [0.717, 1.165) is 0 Å². The molecule has 2 heteroatoms. The average molecular weight is 782 g/mol. The fraction of sp³-hybridized carbons (Fsp3) is 0.440. The van der Waals surface area contributed by atoms with Crippen LogP contribution in [0.4, 0.5) is 0 Å². The summed E-state index contributed by atoms with van der Waals surface area (Å²) < 4.78 is 1.35. The van der Waals surface area contributed by atoms with Crippen LogP contribution in [0.15, 0.2) is 96.1 Å². The Kier molecular flexibility index (Phi) is 11.7. The van der Waals surface area contributed by atoms with Crippen LogP contribution in [-0.2, 0) is 23.2 Å². The van der Waals surface area contributed by atoms with Crippen LogP contribution in [0.1, 0.15) is 158 Å². The Morgan fingerprint density at radius 2 is 0.923 bits per heavy atom. The van der Waals surface area contributed by atoms with Gasteiger partial charge in [0, 0.05) is 0 Å². The van der Waals surface area contributed by atoms with Gasteiger partial charge in [-0.3, -0.25) is 0 Å². The van der Waals surface area contributed by atoms with Gasteiger partial charge < -0.3 is 0 Å². The zero-order chi connectivity index (χ0) is 36.6. The molecule has 0 nitrogen and oxygen atoms in total. The van der Waals surface area contributed by atoms with Gasteiger partial charge in [-0.15, -0.1) is 0 Å². The summed E-state index contributed by atoms with van der Waals surface area (Å²) in [6.45, 7) is 19.5. The predicted molar refractivity (Wildman–Crippen MR) is 226 cm³/mol. The molecule has 270 valence electrons. The number of unbranched alkanes of at least 4 members (excludes halogenated alkanes) is 6.